The molecule has 0 aromatic heterocycles. The molecule has 8 heteroatoms. The molecular formula is C9H14ClF4O2S. The summed E-state index contributed by atoms with van der Waals surface area (Å²) in [5.41, 5.74) is 0.467. The second kappa shape index (κ2) is 14.9. The maximum atomic E-state index is 11.2. The minimum Gasteiger partial charge on any atom is -0.462 e. The Morgan fingerprint density at radius 2 is 1.65 bits per heavy atom. The molecule has 0 unspecified atom stereocenters. The highest BCUT2D eigenvalue weighted by Gasteiger charge is 2.08. The first-order valence-corrected chi connectivity index (χ1v) is 4.09. The first-order chi connectivity index (χ1) is 5.75. The third-order valence-electron chi connectivity index (χ3n) is 1.38. The number of esters is 1. The highest BCUT2D eigenvalue weighted by molar-refractivity contribution is 7.80. The Labute approximate surface area is 108 Å². The molecule has 0 fully saturated rings. The van der Waals surface area contributed by atoms with Crippen LogP contribution in [0.1, 0.15) is 17.3 Å². The molecule has 17 heavy (non-hydrogen) atoms. The quantitative estimate of drug-likeness (QED) is 0.617. The van der Waals surface area contributed by atoms with Gasteiger partial charge in [0.25, 0.3) is 0 Å². The first kappa shape index (κ1) is 29.7. The van der Waals surface area contributed by atoms with Crippen molar-refractivity contribution < 1.29 is 28.3 Å². The topological polar surface area (TPSA) is 26.3 Å². The minimum absolute atomic E-state index is 0. The zero-order valence-corrected chi connectivity index (χ0v) is 10.4. The van der Waals surface area contributed by atoms with Crippen molar-refractivity contribution >= 4 is 31.0 Å². The molecule has 1 aromatic rings. The van der Waals surface area contributed by atoms with Crippen LogP contribution in [0, 0.1) is 0 Å². The molecule has 0 bridgehead atoms. The summed E-state index contributed by atoms with van der Waals surface area (Å²) in [7, 11) is 0. The fourth-order valence-corrected chi connectivity index (χ4v) is 1.07. The van der Waals surface area contributed by atoms with Gasteiger partial charge in [0.05, 0.1) is 17.1 Å². The normalized spacial score (nSPS) is 6.65. The van der Waals surface area contributed by atoms with Gasteiger partial charge in [-0.1, -0.05) is 24.8 Å². The third kappa shape index (κ3) is 8.70. The van der Waals surface area contributed by atoms with E-state index in [4.69, 9.17) is 17.4 Å². The van der Waals surface area contributed by atoms with Crippen molar-refractivity contribution in [3.63, 3.8) is 0 Å². The molecule has 103 valence electrons. The Kier molecular flexibility index (Phi) is 26.1. The second-order valence-electron chi connectivity index (χ2n) is 2.22. The maximum Gasteiger partial charge on any atom is 0.339 e. The van der Waals surface area contributed by atoms with Crippen LogP contribution in [0.25, 0.3) is 0 Å². The van der Waals surface area contributed by atoms with E-state index in [1.165, 1.54) is 0 Å². The predicted octanol–water partition coefficient (Wildman–Crippen LogP) is 3.45. The van der Waals surface area contributed by atoms with Crippen molar-refractivity contribution in [3.8, 4) is 0 Å². The summed E-state index contributed by atoms with van der Waals surface area (Å²) in [5, 5.41) is 0. The Hall–Kier alpha value is -1.08. The first-order valence-electron chi connectivity index (χ1n) is 3.69. The lowest BCUT2D eigenvalue weighted by Crippen LogP contribution is -2.05. The minimum atomic E-state index is -0.344. The second-order valence-corrected chi connectivity index (χ2v) is 2.66. The standard InChI is InChI=1S/C9H9O2S.ClH.4FH/c1-2-11-9(10)7-5-3-4-6-8(7)12;;;;;/h3-6H,2H2,1H3;5*1H. The van der Waals surface area contributed by atoms with Crippen LogP contribution in [0.15, 0.2) is 29.2 Å². The highest BCUT2D eigenvalue weighted by atomic mass is 35.5. The van der Waals surface area contributed by atoms with Gasteiger partial charge in [-0.2, -0.15) is 0 Å². The summed E-state index contributed by atoms with van der Waals surface area (Å²) < 4.78 is 4.80. The molecule has 2 nitrogen and oxygen atoms in total. The molecular weight excluding hydrogens is 284 g/mol. The van der Waals surface area contributed by atoms with Gasteiger partial charge in [-0.05, 0) is 19.1 Å². The van der Waals surface area contributed by atoms with Gasteiger partial charge in [0, 0.05) is 0 Å². The Bertz CT molecular complexity index is 302. The predicted molar refractivity (Wildman–Crippen MR) is 65.5 cm³/mol. The molecule has 0 atom stereocenters. The van der Waals surface area contributed by atoms with Crippen LogP contribution in [0.3, 0.4) is 0 Å². The molecule has 0 spiro atoms. The molecule has 0 amide bonds. The molecule has 0 aliphatic rings. The number of carbonyl (C=O) groups is 1. The van der Waals surface area contributed by atoms with Gasteiger partial charge in [-0.15, -0.1) is 12.4 Å². The van der Waals surface area contributed by atoms with Crippen LogP contribution in [0.5, 0.6) is 0 Å². The largest absolute Gasteiger partial charge is 0.462 e. The van der Waals surface area contributed by atoms with Gasteiger partial charge in [-0.25, -0.2) is 4.79 Å². The molecule has 1 rings (SSSR count). The fraction of sp³-hybridized carbons (Fsp3) is 0.222. The SMILES string of the molecule is CCOC(=O)c1ccccc1[S].Cl.F.F.F.F. The van der Waals surface area contributed by atoms with Crippen LogP contribution >= 0.6 is 25.0 Å². The van der Waals surface area contributed by atoms with Crippen molar-refractivity contribution in [1.29, 1.82) is 0 Å². The van der Waals surface area contributed by atoms with Gasteiger partial charge >= 0.3 is 5.97 Å². The average molecular weight is 298 g/mol. The van der Waals surface area contributed by atoms with E-state index in [1.807, 2.05) is 0 Å². The number of halogens is 5. The summed E-state index contributed by atoms with van der Waals surface area (Å²) >= 11 is 4.94. The van der Waals surface area contributed by atoms with Crippen molar-refractivity contribution in [1.82, 2.24) is 0 Å². The fourth-order valence-electron chi connectivity index (χ4n) is 0.844. The zero-order valence-electron chi connectivity index (χ0n) is 8.78. The lowest BCUT2D eigenvalue weighted by Gasteiger charge is -2.02. The summed E-state index contributed by atoms with van der Waals surface area (Å²) in [6.45, 7) is 2.15. The smallest absolute Gasteiger partial charge is 0.339 e. The van der Waals surface area contributed by atoms with Gasteiger partial charge in [0.15, 0.2) is 0 Å². The van der Waals surface area contributed by atoms with Crippen molar-refractivity contribution in [2.45, 2.75) is 11.8 Å². The van der Waals surface area contributed by atoms with E-state index in [0.29, 0.717) is 17.1 Å². The summed E-state index contributed by atoms with van der Waals surface area (Å²) in [4.78, 5) is 11.7. The van der Waals surface area contributed by atoms with Crippen LogP contribution in [0.2, 0.25) is 0 Å². The van der Waals surface area contributed by atoms with Crippen LogP contribution in [-0.4, -0.2) is 12.6 Å². The van der Waals surface area contributed by atoms with E-state index >= 15 is 0 Å². The lowest BCUT2D eigenvalue weighted by molar-refractivity contribution is 0.0522. The number of hydrogen-bond acceptors (Lipinski definition) is 2. The summed E-state index contributed by atoms with van der Waals surface area (Å²) in [6, 6.07) is 6.94. The van der Waals surface area contributed by atoms with Gasteiger partial charge in [0.1, 0.15) is 0 Å². The lowest BCUT2D eigenvalue weighted by atomic mass is 10.2. The molecule has 0 N–H and O–H groups in total. The maximum absolute atomic E-state index is 11.2. The zero-order chi connectivity index (χ0) is 8.97. The Balaban J connectivity index is -0.0000000960. The van der Waals surface area contributed by atoms with Crippen LogP contribution < -0.4 is 0 Å². The molecule has 0 saturated carbocycles. The van der Waals surface area contributed by atoms with E-state index in [-0.39, 0.29) is 37.2 Å². The van der Waals surface area contributed by atoms with E-state index < -0.39 is 0 Å². The van der Waals surface area contributed by atoms with E-state index in [1.54, 1.807) is 31.2 Å². The van der Waals surface area contributed by atoms with Crippen molar-refractivity contribution in [2.75, 3.05) is 6.61 Å². The van der Waals surface area contributed by atoms with Crippen molar-refractivity contribution in [3.05, 3.63) is 29.8 Å². The number of ether oxygens (including phenoxy) is 1. The van der Waals surface area contributed by atoms with Crippen LogP contribution in [-0.2, 0) is 4.74 Å². The molecule has 1 aromatic carbocycles. The van der Waals surface area contributed by atoms with Crippen molar-refractivity contribution in [2.24, 2.45) is 0 Å². The summed E-state index contributed by atoms with van der Waals surface area (Å²) in [6.07, 6.45) is 0. The Morgan fingerprint density at radius 1 is 1.18 bits per heavy atom. The molecule has 0 saturated heterocycles. The van der Waals surface area contributed by atoms with Gasteiger partial charge in [0.2, 0.25) is 0 Å². The Morgan fingerprint density at radius 3 is 2.06 bits per heavy atom. The number of rotatable bonds is 2. The molecule has 0 aliphatic carbocycles. The average Bonchev–Trinajstić information content (AvgIpc) is 2.05. The van der Waals surface area contributed by atoms with E-state index in [2.05, 4.69) is 0 Å². The van der Waals surface area contributed by atoms with Gasteiger partial charge < -0.3 is 4.74 Å². The summed E-state index contributed by atoms with van der Waals surface area (Å²) in [5.74, 6) is -0.344. The van der Waals surface area contributed by atoms with E-state index in [0.717, 1.165) is 0 Å². The number of carbonyl (C=O) groups excluding carboxylic acids is 1. The number of benzene rings is 1. The number of hydrogen-bond donors (Lipinski definition) is 0. The molecule has 0 aliphatic heterocycles. The van der Waals surface area contributed by atoms with E-state index in [9.17, 15) is 4.79 Å². The molecule has 0 heterocycles. The third-order valence-corrected chi connectivity index (χ3v) is 1.74. The monoisotopic (exact) mass is 297 g/mol. The molecule has 1 radical (unpaired) electrons. The van der Waals surface area contributed by atoms with Crippen LogP contribution in [0.4, 0.5) is 18.8 Å². The van der Waals surface area contributed by atoms with Gasteiger partial charge in [-0.3, -0.25) is 18.8 Å². The highest BCUT2D eigenvalue weighted by Crippen LogP contribution is 2.13.